The van der Waals surface area contributed by atoms with Crippen LogP contribution in [0.15, 0.2) is 22.8 Å². The van der Waals surface area contributed by atoms with Crippen molar-refractivity contribution >= 4 is 6.03 Å². The van der Waals surface area contributed by atoms with Crippen molar-refractivity contribution in [2.24, 2.45) is 11.3 Å². The molecule has 0 aliphatic carbocycles. The SMILES string of the molecule is C[C@H](NC(=O)NC[C@H]1CCO[C@@H]1C(C)(C)C)c1ccco1. The molecule has 2 N–H and O–H groups in total. The summed E-state index contributed by atoms with van der Waals surface area (Å²) >= 11 is 0. The van der Waals surface area contributed by atoms with Gasteiger partial charge in [0, 0.05) is 19.1 Å². The summed E-state index contributed by atoms with van der Waals surface area (Å²) in [5.74, 6) is 1.12. The van der Waals surface area contributed by atoms with E-state index in [1.54, 1.807) is 6.26 Å². The van der Waals surface area contributed by atoms with Gasteiger partial charge in [0.15, 0.2) is 0 Å². The molecule has 1 aromatic rings. The van der Waals surface area contributed by atoms with Gasteiger partial charge in [-0.1, -0.05) is 20.8 Å². The Labute approximate surface area is 126 Å². The first kappa shape index (κ1) is 15.9. The molecule has 1 aliphatic rings. The highest BCUT2D eigenvalue weighted by Gasteiger charge is 2.37. The van der Waals surface area contributed by atoms with E-state index in [1.165, 1.54) is 0 Å². The molecule has 1 aromatic heterocycles. The van der Waals surface area contributed by atoms with Gasteiger partial charge in [-0.05, 0) is 30.9 Å². The van der Waals surface area contributed by atoms with Crippen LogP contribution < -0.4 is 10.6 Å². The summed E-state index contributed by atoms with van der Waals surface area (Å²) in [6.07, 6.45) is 2.80. The number of carbonyl (C=O) groups is 1. The number of ether oxygens (including phenoxy) is 1. The van der Waals surface area contributed by atoms with Gasteiger partial charge in [-0.15, -0.1) is 0 Å². The highest BCUT2D eigenvalue weighted by Crippen LogP contribution is 2.34. The van der Waals surface area contributed by atoms with Crippen molar-refractivity contribution in [1.82, 2.24) is 10.6 Å². The standard InChI is InChI=1S/C16H26N2O3/c1-11(13-6-5-8-20-13)18-15(19)17-10-12-7-9-21-14(12)16(2,3)4/h5-6,8,11-12,14H,7,9-10H2,1-4H3,(H2,17,18,19)/t11-,12+,14-/m0/s1. The zero-order valence-corrected chi connectivity index (χ0v) is 13.3. The van der Waals surface area contributed by atoms with Crippen LogP contribution in [0.2, 0.25) is 0 Å². The van der Waals surface area contributed by atoms with Gasteiger partial charge in [0.2, 0.25) is 0 Å². The van der Waals surface area contributed by atoms with Crippen LogP contribution in [0.5, 0.6) is 0 Å². The first-order valence-electron chi connectivity index (χ1n) is 7.57. The lowest BCUT2D eigenvalue weighted by Gasteiger charge is -2.31. The molecule has 3 atom stereocenters. The van der Waals surface area contributed by atoms with Gasteiger partial charge in [0.25, 0.3) is 0 Å². The highest BCUT2D eigenvalue weighted by atomic mass is 16.5. The maximum Gasteiger partial charge on any atom is 0.315 e. The molecule has 5 nitrogen and oxygen atoms in total. The molecule has 118 valence electrons. The summed E-state index contributed by atoms with van der Waals surface area (Å²) in [6.45, 7) is 9.84. The predicted octanol–water partition coefficient (Wildman–Crippen LogP) is 3.09. The van der Waals surface area contributed by atoms with Gasteiger partial charge in [-0.2, -0.15) is 0 Å². The quantitative estimate of drug-likeness (QED) is 0.897. The van der Waals surface area contributed by atoms with E-state index in [2.05, 4.69) is 31.4 Å². The molecule has 2 heterocycles. The molecule has 1 fully saturated rings. The van der Waals surface area contributed by atoms with E-state index in [-0.39, 0.29) is 23.6 Å². The Hall–Kier alpha value is -1.49. The minimum absolute atomic E-state index is 0.0980. The van der Waals surface area contributed by atoms with E-state index in [4.69, 9.17) is 9.15 Å². The average molecular weight is 294 g/mol. The number of amides is 2. The summed E-state index contributed by atoms with van der Waals surface area (Å²) < 4.78 is 11.1. The minimum Gasteiger partial charge on any atom is -0.467 e. The van der Waals surface area contributed by atoms with E-state index in [0.29, 0.717) is 12.5 Å². The number of hydrogen-bond donors (Lipinski definition) is 2. The number of furan rings is 1. The Kier molecular flexibility index (Phi) is 4.93. The van der Waals surface area contributed by atoms with Gasteiger partial charge in [0.1, 0.15) is 5.76 Å². The topological polar surface area (TPSA) is 63.5 Å². The van der Waals surface area contributed by atoms with Gasteiger partial charge < -0.3 is 19.8 Å². The van der Waals surface area contributed by atoms with Gasteiger partial charge in [-0.25, -0.2) is 4.79 Å². The van der Waals surface area contributed by atoms with Crippen LogP contribution in [0.25, 0.3) is 0 Å². The molecule has 21 heavy (non-hydrogen) atoms. The number of carbonyl (C=O) groups excluding carboxylic acids is 1. The van der Waals surface area contributed by atoms with Crippen LogP contribution in [0.3, 0.4) is 0 Å². The van der Waals surface area contributed by atoms with Crippen LogP contribution in [-0.2, 0) is 4.74 Å². The normalized spacial score (nSPS) is 23.8. The lowest BCUT2D eigenvalue weighted by Crippen LogP contribution is -2.43. The monoisotopic (exact) mass is 294 g/mol. The fourth-order valence-electron chi connectivity index (χ4n) is 2.88. The molecular weight excluding hydrogens is 268 g/mol. The fourth-order valence-corrected chi connectivity index (χ4v) is 2.88. The van der Waals surface area contributed by atoms with Crippen LogP contribution in [0.4, 0.5) is 4.79 Å². The summed E-state index contributed by atoms with van der Waals surface area (Å²) in [5.41, 5.74) is 0.0980. The zero-order valence-electron chi connectivity index (χ0n) is 13.3. The Morgan fingerprint density at radius 2 is 2.24 bits per heavy atom. The predicted molar refractivity (Wildman–Crippen MR) is 81.0 cm³/mol. The van der Waals surface area contributed by atoms with E-state index in [1.807, 2.05) is 19.1 Å². The molecule has 0 unspecified atom stereocenters. The maximum atomic E-state index is 12.0. The summed E-state index contributed by atoms with van der Waals surface area (Å²) in [6, 6.07) is 3.36. The van der Waals surface area contributed by atoms with E-state index < -0.39 is 0 Å². The van der Waals surface area contributed by atoms with E-state index in [9.17, 15) is 4.79 Å². The molecule has 1 aliphatic heterocycles. The Bertz CT molecular complexity index is 451. The van der Waals surface area contributed by atoms with Crippen molar-refractivity contribution in [2.45, 2.75) is 46.3 Å². The minimum atomic E-state index is -0.168. The van der Waals surface area contributed by atoms with Gasteiger partial charge >= 0.3 is 6.03 Å². The third kappa shape index (κ3) is 4.24. The van der Waals surface area contributed by atoms with Crippen molar-refractivity contribution in [3.63, 3.8) is 0 Å². The maximum absolute atomic E-state index is 12.0. The highest BCUT2D eigenvalue weighted by molar-refractivity contribution is 5.74. The van der Waals surface area contributed by atoms with Crippen LogP contribution in [-0.4, -0.2) is 25.3 Å². The largest absolute Gasteiger partial charge is 0.467 e. The van der Waals surface area contributed by atoms with Crippen molar-refractivity contribution in [3.8, 4) is 0 Å². The van der Waals surface area contributed by atoms with Gasteiger partial charge in [0.05, 0.1) is 18.4 Å². The first-order valence-corrected chi connectivity index (χ1v) is 7.57. The van der Waals surface area contributed by atoms with Crippen molar-refractivity contribution in [3.05, 3.63) is 24.2 Å². The van der Waals surface area contributed by atoms with Crippen molar-refractivity contribution in [1.29, 1.82) is 0 Å². The molecule has 0 bridgehead atoms. The molecule has 2 amide bonds. The van der Waals surface area contributed by atoms with Gasteiger partial charge in [-0.3, -0.25) is 0 Å². The number of nitrogens with one attached hydrogen (secondary N) is 2. The molecule has 2 rings (SSSR count). The fraction of sp³-hybridized carbons (Fsp3) is 0.688. The summed E-state index contributed by atoms with van der Waals surface area (Å²) in [7, 11) is 0. The van der Waals surface area contributed by atoms with Crippen LogP contribution >= 0.6 is 0 Å². The first-order chi connectivity index (χ1) is 9.88. The summed E-state index contributed by atoms with van der Waals surface area (Å²) in [5, 5.41) is 5.82. The second kappa shape index (κ2) is 6.52. The number of rotatable bonds is 4. The Balaban J connectivity index is 1.79. The van der Waals surface area contributed by atoms with Crippen LogP contribution in [0, 0.1) is 11.3 Å². The summed E-state index contributed by atoms with van der Waals surface area (Å²) in [4.78, 5) is 12.0. The lowest BCUT2D eigenvalue weighted by molar-refractivity contribution is 0.00773. The molecule has 5 heteroatoms. The van der Waals surface area contributed by atoms with Crippen LogP contribution in [0.1, 0.15) is 45.9 Å². The molecule has 1 saturated heterocycles. The zero-order chi connectivity index (χ0) is 15.5. The third-order valence-corrected chi connectivity index (χ3v) is 3.91. The second-order valence-electron chi connectivity index (χ2n) is 6.80. The third-order valence-electron chi connectivity index (χ3n) is 3.91. The van der Waals surface area contributed by atoms with E-state index in [0.717, 1.165) is 18.8 Å². The van der Waals surface area contributed by atoms with E-state index >= 15 is 0 Å². The Morgan fingerprint density at radius 1 is 1.48 bits per heavy atom. The molecule has 0 spiro atoms. The molecular formula is C16H26N2O3. The van der Waals surface area contributed by atoms with Crippen molar-refractivity contribution < 1.29 is 13.9 Å². The average Bonchev–Trinajstić information content (AvgIpc) is 3.06. The van der Waals surface area contributed by atoms with Crippen molar-refractivity contribution in [2.75, 3.05) is 13.2 Å². The lowest BCUT2D eigenvalue weighted by atomic mass is 9.81. The molecule has 0 aromatic carbocycles. The number of hydrogen-bond acceptors (Lipinski definition) is 3. The smallest absolute Gasteiger partial charge is 0.315 e. The number of urea groups is 1. The molecule has 0 radical (unpaired) electrons. The Morgan fingerprint density at radius 3 is 2.86 bits per heavy atom. The second-order valence-corrected chi connectivity index (χ2v) is 6.80. The molecule has 0 saturated carbocycles.